The Hall–Kier alpha value is -2.85. The Morgan fingerprint density at radius 3 is 1.39 bits per heavy atom. The fraction of sp³-hybridized carbons (Fsp3) is 0.680. The van der Waals surface area contributed by atoms with E-state index in [0.717, 1.165) is 83.5 Å². The second-order valence-corrected chi connectivity index (χ2v) is 17.0. The third-order valence-corrected chi connectivity index (χ3v) is 10.6. The highest BCUT2D eigenvalue weighted by molar-refractivity contribution is 7.47. The summed E-state index contributed by atoms with van der Waals surface area (Å²) in [6.45, 7) is 3.65. The van der Waals surface area contributed by atoms with Crippen molar-refractivity contribution in [2.75, 3.05) is 26.4 Å². The second-order valence-electron chi connectivity index (χ2n) is 15.5. The molecule has 3 atom stereocenters. The minimum Gasteiger partial charge on any atom is -0.480 e. The molecular formula is C50H86NO9P. The van der Waals surface area contributed by atoms with Gasteiger partial charge in [-0.2, -0.15) is 0 Å². The topological polar surface area (TPSA) is 155 Å². The maximum atomic E-state index is 12.6. The van der Waals surface area contributed by atoms with Crippen LogP contribution in [0.1, 0.15) is 181 Å². The first-order valence-electron chi connectivity index (χ1n) is 23.6. The lowest BCUT2D eigenvalue weighted by atomic mass is 10.0. The quantitative estimate of drug-likeness (QED) is 0.0233. The van der Waals surface area contributed by atoms with E-state index in [0.29, 0.717) is 13.0 Å². The molecular weight excluding hydrogens is 790 g/mol. The van der Waals surface area contributed by atoms with Crippen molar-refractivity contribution in [3.63, 3.8) is 0 Å². The van der Waals surface area contributed by atoms with E-state index < -0.39 is 45.1 Å². The average Bonchev–Trinajstić information content (AvgIpc) is 3.24. The second kappa shape index (κ2) is 45.2. The fourth-order valence-electron chi connectivity index (χ4n) is 6.05. The van der Waals surface area contributed by atoms with Crippen LogP contribution in [0.25, 0.3) is 0 Å². The zero-order valence-corrected chi connectivity index (χ0v) is 39.1. The Balaban J connectivity index is 4.29. The van der Waals surface area contributed by atoms with Gasteiger partial charge in [-0.05, 0) is 70.6 Å². The first-order valence-corrected chi connectivity index (χ1v) is 25.1. The molecule has 0 aliphatic carbocycles. The molecule has 0 rings (SSSR count). The number of carboxylic acid groups (broad SMARTS) is 1. The van der Waals surface area contributed by atoms with Gasteiger partial charge >= 0.3 is 19.8 Å². The van der Waals surface area contributed by atoms with Gasteiger partial charge in [-0.25, -0.2) is 4.57 Å². The number of nitrogens with two attached hydrogens (primary N) is 1. The van der Waals surface area contributed by atoms with E-state index in [-0.39, 0.29) is 13.0 Å². The van der Waals surface area contributed by atoms with Gasteiger partial charge in [0.15, 0.2) is 0 Å². The lowest BCUT2D eigenvalue weighted by Gasteiger charge is -2.20. The summed E-state index contributed by atoms with van der Waals surface area (Å²) >= 11 is 0. The number of ether oxygens (including phenoxy) is 2. The number of allylic oxidation sites excluding steroid dienone is 14. The molecule has 0 spiro atoms. The molecule has 0 radical (unpaired) electrons. The molecule has 0 aliphatic heterocycles. The van der Waals surface area contributed by atoms with Gasteiger partial charge in [0.25, 0.3) is 0 Å². The molecule has 0 aromatic rings. The van der Waals surface area contributed by atoms with Crippen LogP contribution in [-0.2, 0) is 32.7 Å². The molecule has 0 bridgehead atoms. The summed E-state index contributed by atoms with van der Waals surface area (Å²) in [6, 6.07) is -1.48. The van der Waals surface area contributed by atoms with Gasteiger partial charge in [0.1, 0.15) is 12.1 Å². The number of carbonyl (C=O) groups excluding carboxylic acids is 1. The monoisotopic (exact) mass is 876 g/mol. The third-order valence-electron chi connectivity index (χ3n) is 9.69. The number of carboxylic acids is 1. The zero-order valence-electron chi connectivity index (χ0n) is 38.2. The summed E-state index contributed by atoms with van der Waals surface area (Å²) in [6.07, 6.45) is 57.8. The number of unbranched alkanes of at least 4 members (excludes halogenated alkanes) is 16. The molecule has 0 aromatic carbocycles. The molecule has 11 heteroatoms. The first kappa shape index (κ1) is 58.1. The van der Waals surface area contributed by atoms with Crippen LogP contribution in [-0.4, -0.2) is 60.5 Å². The number of aliphatic carboxylic acids is 1. The van der Waals surface area contributed by atoms with E-state index >= 15 is 0 Å². The van der Waals surface area contributed by atoms with Crippen LogP contribution in [0.3, 0.4) is 0 Å². The number of phosphoric acid groups is 1. The van der Waals surface area contributed by atoms with Crippen LogP contribution in [0.15, 0.2) is 85.1 Å². The predicted octanol–water partition coefficient (Wildman–Crippen LogP) is 13.5. The number of rotatable bonds is 44. The molecule has 0 aliphatic rings. The lowest BCUT2D eigenvalue weighted by molar-refractivity contribution is -0.154. The molecule has 4 N–H and O–H groups in total. The third kappa shape index (κ3) is 45.0. The molecule has 0 heterocycles. The van der Waals surface area contributed by atoms with Crippen molar-refractivity contribution in [3.05, 3.63) is 85.1 Å². The van der Waals surface area contributed by atoms with E-state index in [9.17, 15) is 19.0 Å². The molecule has 10 nitrogen and oxygen atoms in total. The normalized spacial score (nSPS) is 14.6. The summed E-state index contributed by atoms with van der Waals surface area (Å²) in [5.74, 6) is -1.80. The van der Waals surface area contributed by atoms with Crippen LogP contribution < -0.4 is 5.73 Å². The van der Waals surface area contributed by atoms with E-state index in [2.05, 4.69) is 98.9 Å². The maximum Gasteiger partial charge on any atom is 0.472 e. The van der Waals surface area contributed by atoms with Crippen molar-refractivity contribution in [1.29, 1.82) is 0 Å². The van der Waals surface area contributed by atoms with E-state index in [1.165, 1.54) is 70.6 Å². The van der Waals surface area contributed by atoms with Crippen molar-refractivity contribution in [2.24, 2.45) is 5.73 Å². The zero-order chi connectivity index (χ0) is 44.8. The molecule has 61 heavy (non-hydrogen) atoms. The summed E-state index contributed by atoms with van der Waals surface area (Å²) in [5.41, 5.74) is 5.36. The van der Waals surface area contributed by atoms with Crippen molar-refractivity contribution in [3.8, 4) is 0 Å². The van der Waals surface area contributed by atoms with Gasteiger partial charge in [0.2, 0.25) is 0 Å². The molecule has 0 aromatic heterocycles. The first-order chi connectivity index (χ1) is 29.7. The smallest absolute Gasteiger partial charge is 0.472 e. The van der Waals surface area contributed by atoms with E-state index in [1.807, 2.05) is 0 Å². The van der Waals surface area contributed by atoms with Gasteiger partial charge in [0, 0.05) is 13.0 Å². The summed E-state index contributed by atoms with van der Waals surface area (Å²) < 4.78 is 33.4. The Morgan fingerprint density at radius 1 is 0.541 bits per heavy atom. The van der Waals surface area contributed by atoms with Gasteiger partial charge in [-0.3, -0.25) is 18.6 Å². The minimum atomic E-state index is -4.63. The highest BCUT2D eigenvalue weighted by atomic mass is 31.2. The Bertz CT molecular complexity index is 1290. The number of hydrogen-bond acceptors (Lipinski definition) is 8. The SMILES string of the molecule is CC/C=C\C/C=C\C/C=C\C/C=C\C/C=C\C/C=C\C/C=C\CCCCOCC(COP(=O)(O)OCC(N)C(=O)O)OC(=O)CCCCCCCCCCCCCCCCC. The average molecular weight is 876 g/mol. The van der Waals surface area contributed by atoms with Gasteiger partial charge in [-0.1, -0.05) is 189 Å². The molecule has 0 saturated carbocycles. The predicted molar refractivity (Wildman–Crippen MR) is 253 cm³/mol. The lowest BCUT2D eigenvalue weighted by Crippen LogP contribution is -2.34. The summed E-state index contributed by atoms with van der Waals surface area (Å²) in [5, 5.41) is 8.91. The van der Waals surface area contributed by atoms with Crippen molar-refractivity contribution < 1.29 is 42.7 Å². The Morgan fingerprint density at radius 2 is 0.951 bits per heavy atom. The van der Waals surface area contributed by atoms with Crippen molar-refractivity contribution >= 4 is 19.8 Å². The highest BCUT2D eigenvalue weighted by Crippen LogP contribution is 2.43. The van der Waals surface area contributed by atoms with Crippen LogP contribution in [0, 0.1) is 0 Å². The molecule has 0 saturated heterocycles. The van der Waals surface area contributed by atoms with Crippen LogP contribution in [0.5, 0.6) is 0 Å². The van der Waals surface area contributed by atoms with Crippen molar-refractivity contribution in [1.82, 2.24) is 0 Å². The van der Waals surface area contributed by atoms with Gasteiger partial charge in [-0.15, -0.1) is 0 Å². The number of hydrogen-bond donors (Lipinski definition) is 3. The Kier molecular flexibility index (Phi) is 43.1. The van der Waals surface area contributed by atoms with Crippen LogP contribution in [0.2, 0.25) is 0 Å². The van der Waals surface area contributed by atoms with E-state index in [1.54, 1.807) is 0 Å². The molecule has 0 fully saturated rings. The van der Waals surface area contributed by atoms with E-state index in [4.69, 9.17) is 29.4 Å². The summed E-state index contributed by atoms with van der Waals surface area (Å²) in [4.78, 5) is 33.6. The maximum absolute atomic E-state index is 12.6. The number of phosphoric ester groups is 1. The van der Waals surface area contributed by atoms with Crippen LogP contribution in [0.4, 0.5) is 0 Å². The minimum absolute atomic E-state index is 0.0161. The Labute approximate surface area is 371 Å². The molecule has 3 unspecified atom stereocenters. The highest BCUT2D eigenvalue weighted by Gasteiger charge is 2.27. The number of esters is 1. The van der Waals surface area contributed by atoms with Gasteiger partial charge in [0.05, 0.1) is 19.8 Å². The summed E-state index contributed by atoms with van der Waals surface area (Å²) in [7, 11) is -4.63. The van der Waals surface area contributed by atoms with Gasteiger partial charge < -0.3 is 25.2 Å². The standard InChI is InChI=1S/C50H86NO9P/c1-3-5-7-9-11-13-15-17-19-20-21-22-23-24-25-26-27-29-31-33-35-37-39-41-43-57-44-47(45-58-61(55,56)59-46-48(51)50(53)54)60-49(52)42-40-38-36-34-32-30-28-18-16-14-12-10-8-6-4-2/h5,7,11,13,17,19,21-22,24-25,27,29,33,35,47-48H,3-4,6,8-10,12,14-16,18,20,23,26,28,30-32,34,36-46,51H2,1-2H3,(H,53,54)(H,55,56)/b7-5-,13-11-,19-17-,22-21-,25-24-,29-27-,35-33-. The van der Waals surface area contributed by atoms with Crippen molar-refractivity contribution in [2.45, 2.75) is 193 Å². The molecule has 350 valence electrons. The largest absolute Gasteiger partial charge is 0.480 e. The fourth-order valence-corrected chi connectivity index (χ4v) is 6.83. The molecule has 0 amide bonds. The van der Waals surface area contributed by atoms with Crippen LogP contribution >= 0.6 is 7.82 Å². The number of carbonyl (C=O) groups is 2.